The van der Waals surface area contributed by atoms with Crippen LogP contribution in [0.4, 0.5) is 0 Å². The molecule has 0 saturated heterocycles. The Morgan fingerprint density at radius 1 is 1.14 bits per heavy atom. The predicted octanol–water partition coefficient (Wildman–Crippen LogP) is 1.82. The molecule has 0 radical (unpaired) electrons. The molecule has 5 nitrogen and oxygen atoms in total. The van der Waals surface area contributed by atoms with Gasteiger partial charge in [0.15, 0.2) is 0 Å². The fourth-order valence-electron chi connectivity index (χ4n) is 1.92. The molecule has 116 valence electrons. The average molecular weight is 317 g/mol. The van der Waals surface area contributed by atoms with E-state index in [0.29, 0.717) is 19.5 Å². The van der Waals surface area contributed by atoms with E-state index in [-0.39, 0.29) is 18.2 Å². The standard InChI is InChI=1S/C16H19N3O2S/c1-12-18-10-14(22-12)11-19-15(20)7-8-17-16(21)9-13-5-3-2-4-6-13/h2-6,10H,7-9,11H2,1H3,(H,17,21)(H,19,20). The van der Waals surface area contributed by atoms with Crippen LogP contribution < -0.4 is 10.6 Å². The second-order valence-electron chi connectivity index (χ2n) is 4.88. The summed E-state index contributed by atoms with van der Waals surface area (Å²) in [7, 11) is 0. The minimum Gasteiger partial charge on any atom is -0.355 e. The van der Waals surface area contributed by atoms with Gasteiger partial charge in [-0.05, 0) is 12.5 Å². The Kier molecular flexibility index (Phi) is 6.09. The summed E-state index contributed by atoms with van der Waals surface area (Å²) < 4.78 is 0. The van der Waals surface area contributed by atoms with Crippen LogP contribution >= 0.6 is 11.3 Å². The lowest BCUT2D eigenvalue weighted by molar-refractivity contribution is -0.122. The smallest absolute Gasteiger partial charge is 0.224 e. The first-order valence-electron chi connectivity index (χ1n) is 7.12. The molecule has 0 fully saturated rings. The number of hydrogen-bond donors (Lipinski definition) is 2. The fraction of sp³-hybridized carbons (Fsp3) is 0.312. The van der Waals surface area contributed by atoms with Crippen molar-refractivity contribution >= 4 is 23.2 Å². The predicted molar refractivity (Wildman–Crippen MR) is 86.5 cm³/mol. The van der Waals surface area contributed by atoms with Gasteiger partial charge in [0, 0.05) is 24.0 Å². The lowest BCUT2D eigenvalue weighted by Crippen LogP contribution is -2.31. The van der Waals surface area contributed by atoms with Crippen LogP contribution in [0.15, 0.2) is 36.5 Å². The summed E-state index contributed by atoms with van der Waals surface area (Å²) in [5.41, 5.74) is 0.963. The van der Waals surface area contributed by atoms with Gasteiger partial charge in [0.1, 0.15) is 0 Å². The maximum absolute atomic E-state index is 11.7. The third-order valence-corrected chi connectivity index (χ3v) is 3.92. The summed E-state index contributed by atoms with van der Waals surface area (Å²) in [6.07, 6.45) is 2.38. The molecule has 0 saturated carbocycles. The number of aryl methyl sites for hydroxylation is 1. The zero-order chi connectivity index (χ0) is 15.8. The Morgan fingerprint density at radius 2 is 1.91 bits per heavy atom. The summed E-state index contributed by atoms with van der Waals surface area (Å²) in [4.78, 5) is 28.6. The van der Waals surface area contributed by atoms with E-state index in [1.165, 1.54) is 0 Å². The van der Waals surface area contributed by atoms with Crippen molar-refractivity contribution in [2.45, 2.75) is 26.3 Å². The topological polar surface area (TPSA) is 71.1 Å². The van der Waals surface area contributed by atoms with Crippen molar-refractivity contribution in [3.63, 3.8) is 0 Å². The Morgan fingerprint density at radius 3 is 2.59 bits per heavy atom. The molecule has 6 heteroatoms. The van der Waals surface area contributed by atoms with Gasteiger partial charge in [-0.3, -0.25) is 9.59 Å². The molecule has 1 heterocycles. The van der Waals surface area contributed by atoms with Gasteiger partial charge in [0.2, 0.25) is 11.8 Å². The van der Waals surface area contributed by atoms with E-state index >= 15 is 0 Å². The largest absolute Gasteiger partial charge is 0.355 e. The Hall–Kier alpha value is -2.21. The first-order valence-corrected chi connectivity index (χ1v) is 7.94. The van der Waals surface area contributed by atoms with Gasteiger partial charge < -0.3 is 10.6 Å². The first-order chi connectivity index (χ1) is 10.6. The van der Waals surface area contributed by atoms with Crippen molar-refractivity contribution in [2.24, 2.45) is 0 Å². The van der Waals surface area contributed by atoms with Crippen LogP contribution in [-0.4, -0.2) is 23.3 Å². The molecule has 0 spiro atoms. The number of carbonyl (C=O) groups is 2. The molecular weight excluding hydrogens is 298 g/mol. The van der Waals surface area contributed by atoms with Gasteiger partial charge in [-0.1, -0.05) is 30.3 Å². The molecule has 0 aliphatic heterocycles. The van der Waals surface area contributed by atoms with Gasteiger partial charge in [0.05, 0.1) is 18.0 Å². The summed E-state index contributed by atoms with van der Waals surface area (Å²) in [6, 6.07) is 9.53. The molecule has 0 atom stereocenters. The van der Waals surface area contributed by atoms with E-state index in [9.17, 15) is 9.59 Å². The molecular formula is C16H19N3O2S. The molecule has 0 bridgehead atoms. The van der Waals surface area contributed by atoms with Crippen molar-refractivity contribution in [3.05, 3.63) is 52.0 Å². The molecule has 22 heavy (non-hydrogen) atoms. The van der Waals surface area contributed by atoms with Crippen LogP contribution in [-0.2, 0) is 22.6 Å². The van der Waals surface area contributed by atoms with Crippen LogP contribution in [0.1, 0.15) is 21.9 Å². The van der Waals surface area contributed by atoms with Gasteiger partial charge in [0.25, 0.3) is 0 Å². The van der Waals surface area contributed by atoms with Crippen LogP contribution in [0, 0.1) is 6.92 Å². The number of benzene rings is 1. The lowest BCUT2D eigenvalue weighted by atomic mass is 10.1. The van der Waals surface area contributed by atoms with Crippen LogP contribution in [0.2, 0.25) is 0 Å². The highest BCUT2D eigenvalue weighted by molar-refractivity contribution is 7.11. The maximum Gasteiger partial charge on any atom is 0.224 e. The van der Waals surface area contributed by atoms with Crippen LogP contribution in [0.25, 0.3) is 0 Å². The van der Waals surface area contributed by atoms with Gasteiger partial charge in [-0.15, -0.1) is 11.3 Å². The number of rotatable bonds is 7. The highest BCUT2D eigenvalue weighted by Crippen LogP contribution is 2.10. The van der Waals surface area contributed by atoms with Crippen LogP contribution in [0.5, 0.6) is 0 Å². The molecule has 1 aromatic heterocycles. The van der Waals surface area contributed by atoms with E-state index in [1.54, 1.807) is 17.5 Å². The third-order valence-electron chi connectivity index (χ3n) is 3.01. The van der Waals surface area contributed by atoms with Crippen molar-refractivity contribution in [2.75, 3.05) is 6.54 Å². The second kappa shape index (κ2) is 8.29. The van der Waals surface area contributed by atoms with Gasteiger partial charge in [-0.25, -0.2) is 4.98 Å². The normalized spacial score (nSPS) is 10.2. The quantitative estimate of drug-likeness (QED) is 0.818. The molecule has 0 aliphatic rings. The monoisotopic (exact) mass is 317 g/mol. The van der Waals surface area contributed by atoms with Crippen molar-refractivity contribution in [3.8, 4) is 0 Å². The minimum atomic E-state index is -0.0777. The first kappa shape index (κ1) is 16.2. The molecule has 0 unspecified atom stereocenters. The number of aromatic nitrogens is 1. The highest BCUT2D eigenvalue weighted by atomic mass is 32.1. The lowest BCUT2D eigenvalue weighted by Gasteiger charge is -2.06. The fourth-order valence-corrected chi connectivity index (χ4v) is 2.65. The molecule has 2 amide bonds. The number of carbonyl (C=O) groups excluding carboxylic acids is 2. The molecule has 1 aromatic carbocycles. The number of nitrogens with one attached hydrogen (secondary N) is 2. The van der Waals surface area contributed by atoms with Gasteiger partial charge in [-0.2, -0.15) is 0 Å². The van der Waals surface area contributed by atoms with Crippen molar-refractivity contribution < 1.29 is 9.59 Å². The second-order valence-corrected chi connectivity index (χ2v) is 6.20. The zero-order valence-electron chi connectivity index (χ0n) is 12.5. The summed E-state index contributed by atoms with van der Waals surface area (Å²) >= 11 is 1.56. The highest BCUT2D eigenvalue weighted by Gasteiger charge is 2.06. The molecule has 0 aliphatic carbocycles. The number of hydrogen-bond acceptors (Lipinski definition) is 4. The maximum atomic E-state index is 11.7. The number of nitrogens with zero attached hydrogens (tertiary/aromatic N) is 1. The van der Waals surface area contributed by atoms with E-state index in [4.69, 9.17) is 0 Å². The van der Waals surface area contributed by atoms with Crippen molar-refractivity contribution in [1.82, 2.24) is 15.6 Å². The van der Waals surface area contributed by atoms with E-state index in [1.807, 2.05) is 37.3 Å². The molecule has 2 aromatic rings. The summed E-state index contributed by atoms with van der Waals surface area (Å²) in [5.74, 6) is -0.150. The van der Waals surface area contributed by atoms with E-state index in [2.05, 4.69) is 15.6 Å². The van der Waals surface area contributed by atoms with Crippen molar-refractivity contribution in [1.29, 1.82) is 0 Å². The summed E-state index contributed by atoms with van der Waals surface area (Å²) in [6.45, 7) is 2.76. The number of amides is 2. The molecule has 2 rings (SSSR count). The number of thiazole rings is 1. The SMILES string of the molecule is Cc1ncc(CNC(=O)CCNC(=O)Cc2ccccc2)s1. The Balaban J connectivity index is 1.61. The van der Waals surface area contributed by atoms with Gasteiger partial charge >= 0.3 is 0 Å². The minimum absolute atomic E-state index is 0.0721. The van der Waals surface area contributed by atoms with Crippen LogP contribution in [0.3, 0.4) is 0 Å². The Bertz CT molecular complexity index is 625. The zero-order valence-corrected chi connectivity index (χ0v) is 13.3. The Labute approximate surface area is 133 Å². The third kappa shape index (κ3) is 5.65. The average Bonchev–Trinajstić information content (AvgIpc) is 2.92. The molecule has 2 N–H and O–H groups in total. The van der Waals surface area contributed by atoms with E-state index < -0.39 is 0 Å². The van der Waals surface area contributed by atoms with E-state index in [0.717, 1.165) is 15.4 Å². The summed E-state index contributed by atoms with van der Waals surface area (Å²) in [5, 5.41) is 6.55.